The first-order valence-corrected chi connectivity index (χ1v) is 7.48. The molecule has 0 aliphatic heterocycles. The summed E-state index contributed by atoms with van der Waals surface area (Å²) in [6.45, 7) is 3.33. The van der Waals surface area contributed by atoms with E-state index in [0.29, 0.717) is 5.52 Å². The highest BCUT2D eigenvalue weighted by molar-refractivity contribution is 7.91. The molecular formula is C13H16FNO2S. The Hall–Kier alpha value is -1.36. The normalized spacial score (nSPS) is 12.5. The molecule has 0 aliphatic carbocycles. The van der Waals surface area contributed by atoms with Gasteiger partial charge in [0.15, 0.2) is 9.84 Å². The minimum Gasteiger partial charge on any atom is -0.350 e. The highest BCUT2D eigenvalue weighted by Gasteiger charge is 2.19. The van der Waals surface area contributed by atoms with Gasteiger partial charge in [-0.1, -0.05) is 0 Å². The molecule has 98 valence electrons. The van der Waals surface area contributed by atoms with Gasteiger partial charge in [-0.05, 0) is 37.6 Å². The van der Waals surface area contributed by atoms with Crippen LogP contribution < -0.4 is 0 Å². The van der Waals surface area contributed by atoms with Crippen LogP contribution in [-0.2, 0) is 22.6 Å². The lowest BCUT2D eigenvalue weighted by atomic mass is 10.2. The standard InChI is InChI=1S/C13H16FNO2S/c1-9(2)18(16,17)8-10-7-15(3)13-6-11(14)4-5-12(10)13/h4-7,9H,8H2,1-3H3. The Balaban J connectivity index is 2.54. The number of hydrogen-bond donors (Lipinski definition) is 0. The van der Waals surface area contributed by atoms with Crippen LogP contribution in [0.1, 0.15) is 19.4 Å². The summed E-state index contributed by atoms with van der Waals surface area (Å²) in [5, 5.41) is 0.385. The van der Waals surface area contributed by atoms with Crippen molar-refractivity contribution in [1.29, 1.82) is 0 Å². The maximum Gasteiger partial charge on any atom is 0.156 e. The van der Waals surface area contributed by atoms with E-state index in [-0.39, 0.29) is 11.6 Å². The van der Waals surface area contributed by atoms with E-state index in [1.807, 2.05) is 0 Å². The summed E-state index contributed by atoms with van der Waals surface area (Å²) in [6.07, 6.45) is 1.75. The minimum absolute atomic E-state index is 0.00631. The zero-order valence-electron chi connectivity index (χ0n) is 10.6. The molecule has 1 heterocycles. The molecule has 1 aromatic carbocycles. The van der Waals surface area contributed by atoms with Gasteiger partial charge in [0.2, 0.25) is 0 Å². The highest BCUT2D eigenvalue weighted by Crippen LogP contribution is 2.24. The van der Waals surface area contributed by atoms with Crippen molar-refractivity contribution in [3.8, 4) is 0 Å². The second-order valence-electron chi connectivity index (χ2n) is 4.78. The van der Waals surface area contributed by atoms with Crippen LogP contribution >= 0.6 is 0 Å². The summed E-state index contributed by atoms with van der Waals surface area (Å²) in [7, 11) is -1.36. The maximum atomic E-state index is 13.2. The molecule has 0 spiro atoms. The molecule has 2 aromatic rings. The van der Waals surface area contributed by atoms with Crippen LogP contribution in [-0.4, -0.2) is 18.2 Å². The van der Waals surface area contributed by atoms with E-state index in [1.165, 1.54) is 12.1 Å². The van der Waals surface area contributed by atoms with Gasteiger partial charge in [0, 0.05) is 18.6 Å². The molecule has 2 rings (SSSR count). The summed E-state index contributed by atoms with van der Waals surface area (Å²) in [5.74, 6) is -0.324. The molecule has 0 bridgehead atoms. The van der Waals surface area contributed by atoms with Crippen LogP contribution in [0, 0.1) is 5.82 Å². The third-order valence-electron chi connectivity index (χ3n) is 3.11. The Morgan fingerprint density at radius 3 is 2.61 bits per heavy atom. The SMILES string of the molecule is CC(C)S(=O)(=O)Cc1cn(C)c2cc(F)ccc12. The molecule has 0 radical (unpaired) electrons. The van der Waals surface area contributed by atoms with E-state index in [0.717, 1.165) is 10.9 Å². The Morgan fingerprint density at radius 1 is 1.33 bits per heavy atom. The number of fused-ring (bicyclic) bond motifs is 1. The van der Waals surface area contributed by atoms with Crippen molar-refractivity contribution in [1.82, 2.24) is 4.57 Å². The van der Waals surface area contributed by atoms with Crippen LogP contribution in [0.15, 0.2) is 24.4 Å². The molecule has 0 fully saturated rings. The van der Waals surface area contributed by atoms with Gasteiger partial charge in [-0.2, -0.15) is 0 Å². The number of hydrogen-bond acceptors (Lipinski definition) is 2. The molecule has 0 unspecified atom stereocenters. The number of benzene rings is 1. The quantitative estimate of drug-likeness (QED) is 0.859. The molecular weight excluding hydrogens is 253 g/mol. The third-order valence-corrected chi connectivity index (χ3v) is 5.26. The Morgan fingerprint density at radius 2 is 2.00 bits per heavy atom. The lowest BCUT2D eigenvalue weighted by molar-refractivity contribution is 0.586. The third kappa shape index (κ3) is 2.27. The molecule has 0 saturated heterocycles. The lowest BCUT2D eigenvalue weighted by Crippen LogP contribution is -2.15. The minimum atomic E-state index is -3.15. The van der Waals surface area contributed by atoms with Crippen molar-refractivity contribution in [2.75, 3.05) is 0 Å². The first-order chi connectivity index (χ1) is 8.31. The van der Waals surface area contributed by atoms with E-state index < -0.39 is 15.1 Å². The van der Waals surface area contributed by atoms with Crippen LogP contribution in [0.2, 0.25) is 0 Å². The van der Waals surface area contributed by atoms with Crippen molar-refractivity contribution >= 4 is 20.7 Å². The Bertz CT molecular complexity index is 686. The fourth-order valence-corrected chi connectivity index (χ4v) is 2.94. The van der Waals surface area contributed by atoms with Gasteiger partial charge >= 0.3 is 0 Å². The van der Waals surface area contributed by atoms with Gasteiger partial charge in [0.25, 0.3) is 0 Å². The predicted molar refractivity (Wildman–Crippen MR) is 70.6 cm³/mol. The van der Waals surface area contributed by atoms with Crippen LogP contribution in [0.25, 0.3) is 10.9 Å². The molecule has 18 heavy (non-hydrogen) atoms. The maximum absolute atomic E-state index is 13.2. The van der Waals surface area contributed by atoms with E-state index in [4.69, 9.17) is 0 Å². The van der Waals surface area contributed by atoms with E-state index in [9.17, 15) is 12.8 Å². The first kappa shape index (κ1) is 13.1. The first-order valence-electron chi connectivity index (χ1n) is 5.76. The second-order valence-corrected chi connectivity index (χ2v) is 7.34. The Kier molecular flexibility index (Phi) is 3.19. The average Bonchev–Trinajstić information content (AvgIpc) is 2.54. The van der Waals surface area contributed by atoms with E-state index in [2.05, 4.69) is 0 Å². The van der Waals surface area contributed by atoms with Gasteiger partial charge in [0.1, 0.15) is 5.82 Å². The number of halogens is 1. The van der Waals surface area contributed by atoms with Crippen LogP contribution in [0.3, 0.4) is 0 Å². The number of rotatable bonds is 3. The summed E-state index contributed by atoms with van der Waals surface area (Å²) in [4.78, 5) is 0. The summed E-state index contributed by atoms with van der Waals surface area (Å²) in [6, 6.07) is 4.41. The number of aromatic nitrogens is 1. The van der Waals surface area contributed by atoms with Crippen molar-refractivity contribution in [3.63, 3.8) is 0 Å². The zero-order chi connectivity index (χ0) is 13.5. The Labute approximate surface area is 106 Å². The number of sulfone groups is 1. The number of nitrogens with zero attached hydrogens (tertiary/aromatic N) is 1. The van der Waals surface area contributed by atoms with Crippen molar-refractivity contribution in [2.24, 2.45) is 7.05 Å². The average molecular weight is 269 g/mol. The van der Waals surface area contributed by atoms with Crippen LogP contribution in [0.5, 0.6) is 0 Å². The van der Waals surface area contributed by atoms with Gasteiger partial charge in [-0.3, -0.25) is 0 Å². The van der Waals surface area contributed by atoms with Crippen molar-refractivity contribution in [2.45, 2.75) is 24.9 Å². The molecule has 5 heteroatoms. The van der Waals surface area contributed by atoms with Gasteiger partial charge in [-0.25, -0.2) is 12.8 Å². The molecule has 0 atom stereocenters. The van der Waals surface area contributed by atoms with Gasteiger partial charge in [0.05, 0.1) is 16.5 Å². The summed E-state index contributed by atoms with van der Waals surface area (Å²) in [5.41, 5.74) is 1.44. The fraction of sp³-hybridized carbons (Fsp3) is 0.385. The van der Waals surface area contributed by atoms with Gasteiger partial charge < -0.3 is 4.57 Å². The molecule has 0 N–H and O–H groups in total. The fourth-order valence-electron chi connectivity index (χ4n) is 1.94. The summed E-state index contributed by atoms with van der Waals surface area (Å²) < 4.78 is 38.8. The molecule has 1 aromatic heterocycles. The topological polar surface area (TPSA) is 39.1 Å². The largest absolute Gasteiger partial charge is 0.350 e. The van der Waals surface area contributed by atoms with Crippen molar-refractivity contribution in [3.05, 3.63) is 35.8 Å². The molecule has 0 saturated carbocycles. The monoisotopic (exact) mass is 269 g/mol. The van der Waals surface area contributed by atoms with Gasteiger partial charge in [-0.15, -0.1) is 0 Å². The number of aryl methyl sites for hydroxylation is 1. The zero-order valence-corrected chi connectivity index (χ0v) is 11.5. The second kappa shape index (κ2) is 4.39. The highest BCUT2D eigenvalue weighted by atomic mass is 32.2. The summed E-state index contributed by atoms with van der Waals surface area (Å²) >= 11 is 0. The van der Waals surface area contributed by atoms with E-state index in [1.54, 1.807) is 37.7 Å². The van der Waals surface area contributed by atoms with Crippen molar-refractivity contribution < 1.29 is 12.8 Å². The molecule has 3 nitrogen and oxygen atoms in total. The molecule has 0 aliphatic rings. The molecule has 0 amide bonds. The smallest absolute Gasteiger partial charge is 0.156 e. The van der Waals surface area contributed by atoms with E-state index >= 15 is 0 Å². The predicted octanol–water partition coefficient (Wildman–Crippen LogP) is 2.64. The van der Waals surface area contributed by atoms with Crippen LogP contribution in [0.4, 0.5) is 4.39 Å². The lowest BCUT2D eigenvalue weighted by Gasteiger charge is -2.06.